The van der Waals surface area contributed by atoms with Gasteiger partial charge in [0, 0.05) is 0 Å². The number of carbonyl (C=O) groups excluding carboxylic acids is 3. The number of amides is 4. The number of hydrogen-bond donors (Lipinski definition) is 2. The Morgan fingerprint density at radius 2 is 2.06 bits per heavy atom. The van der Waals surface area contributed by atoms with Crippen LogP contribution in [0.4, 0.5) is 10.5 Å². The number of carbonyl (C=O) groups is 3. The molecule has 0 aromatic heterocycles. The summed E-state index contributed by atoms with van der Waals surface area (Å²) in [6, 6.07) is 1.88. The van der Waals surface area contributed by atoms with Crippen molar-refractivity contribution in [3.05, 3.63) is 28.3 Å². The third-order valence-corrected chi connectivity index (χ3v) is 2.38. The third-order valence-electron chi connectivity index (χ3n) is 2.07. The van der Waals surface area contributed by atoms with Gasteiger partial charge in [-0.05, 0) is 12.1 Å². The Labute approximate surface area is 94.7 Å². The molecular weight excluding hydrogens is 234 g/mol. The number of nitrogens with one attached hydrogen (secondary N) is 1. The van der Waals surface area contributed by atoms with Gasteiger partial charge in [0.1, 0.15) is 0 Å². The summed E-state index contributed by atoms with van der Waals surface area (Å²) in [6.45, 7) is 0. The molecule has 1 radical (unpaired) electrons. The lowest BCUT2D eigenvalue weighted by atomic mass is 10.0. The van der Waals surface area contributed by atoms with Crippen LogP contribution in [0.2, 0.25) is 5.02 Å². The monoisotopic (exact) mass is 238 g/mol. The minimum absolute atomic E-state index is 0.0185. The largest absolute Gasteiger partial charge is 0.365 e. The molecule has 0 bridgehead atoms. The number of nitrogens with zero attached hydrogens (tertiary/aromatic N) is 1. The van der Waals surface area contributed by atoms with Crippen LogP contribution in [-0.2, 0) is 0 Å². The molecule has 0 atom stereocenters. The molecule has 1 aliphatic rings. The minimum Gasteiger partial charge on any atom is -0.365 e. The van der Waals surface area contributed by atoms with Crippen LogP contribution in [0.1, 0.15) is 20.7 Å². The maximum absolute atomic E-state index is 11.4. The topological polar surface area (TPSA) is 103 Å². The van der Waals surface area contributed by atoms with E-state index in [2.05, 4.69) is 10.6 Å². The lowest BCUT2D eigenvalue weighted by Gasteiger charge is -2.17. The molecule has 0 aliphatic carbocycles. The Balaban J connectivity index is 2.72. The number of hydrogen-bond acceptors (Lipinski definition) is 3. The maximum Gasteiger partial charge on any atom is 0.348 e. The van der Waals surface area contributed by atoms with Crippen molar-refractivity contribution in [2.75, 3.05) is 5.32 Å². The van der Waals surface area contributed by atoms with Gasteiger partial charge in [-0.2, -0.15) is 5.32 Å². The number of halogens is 1. The molecule has 2 rings (SSSR count). The van der Waals surface area contributed by atoms with Gasteiger partial charge in [-0.3, -0.25) is 9.59 Å². The van der Waals surface area contributed by atoms with E-state index in [0.29, 0.717) is 0 Å². The summed E-state index contributed by atoms with van der Waals surface area (Å²) in [6.07, 6.45) is 0. The van der Waals surface area contributed by atoms with Crippen molar-refractivity contribution in [1.82, 2.24) is 5.32 Å². The average molecular weight is 239 g/mol. The van der Waals surface area contributed by atoms with Gasteiger partial charge in [0.15, 0.2) is 0 Å². The normalized spacial score (nSPS) is 13.8. The zero-order chi connectivity index (χ0) is 11.9. The van der Waals surface area contributed by atoms with Crippen LogP contribution >= 0.6 is 11.6 Å². The fourth-order valence-electron chi connectivity index (χ4n) is 1.41. The molecule has 3 N–H and O–H groups in total. The molecule has 0 spiro atoms. The van der Waals surface area contributed by atoms with Crippen LogP contribution in [-0.4, -0.2) is 17.8 Å². The van der Waals surface area contributed by atoms with E-state index in [1.54, 1.807) is 0 Å². The lowest BCUT2D eigenvalue weighted by Crippen LogP contribution is -2.35. The molecule has 1 heterocycles. The van der Waals surface area contributed by atoms with E-state index in [4.69, 9.17) is 17.3 Å². The summed E-state index contributed by atoms with van der Waals surface area (Å²) in [7, 11) is 0. The van der Waals surface area contributed by atoms with Crippen LogP contribution in [0.5, 0.6) is 0 Å². The first-order valence-electron chi connectivity index (χ1n) is 4.20. The van der Waals surface area contributed by atoms with Gasteiger partial charge in [0.25, 0.3) is 11.8 Å². The molecular formula is C9H5ClN3O3. The highest BCUT2D eigenvalue weighted by Crippen LogP contribution is 2.30. The van der Waals surface area contributed by atoms with E-state index in [1.165, 1.54) is 12.1 Å². The van der Waals surface area contributed by atoms with Crippen molar-refractivity contribution in [1.29, 1.82) is 0 Å². The molecule has 81 valence electrons. The highest BCUT2D eigenvalue weighted by atomic mass is 35.5. The fourth-order valence-corrected chi connectivity index (χ4v) is 1.66. The first-order valence-corrected chi connectivity index (χ1v) is 4.58. The second-order valence-corrected chi connectivity index (χ2v) is 3.46. The minimum atomic E-state index is -0.845. The summed E-state index contributed by atoms with van der Waals surface area (Å²) < 4.78 is 0. The van der Waals surface area contributed by atoms with Crippen molar-refractivity contribution in [3.63, 3.8) is 0 Å². The zero-order valence-corrected chi connectivity index (χ0v) is 8.54. The zero-order valence-electron chi connectivity index (χ0n) is 7.78. The quantitative estimate of drug-likeness (QED) is 0.754. The second-order valence-electron chi connectivity index (χ2n) is 3.06. The lowest BCUT2D eigenvalue weighted by molar-refractivity contribution is 0.0960. The summed E-state index contributed by atoms with van der Waals surface area (Å²) in [5, 5.41) is 5.51. The van der Waals surface area contributed by atoms with Gasteiger partial charge in [-0.25, -0.2) is 4.79 Å². The summed E-state index contributed by atoms with van der Waals surface area (Å²) >= 11 is 5.76. The van der Waals surface area contributed by atoms with Crippen molar-refractivity contribution in [2.24, 2.45) is 5.73 Å². The fraction of sp³-hybridized carbons (Fsp3) is 0. The summed E-state index contributed by atoms with van der Waals surface area (Å²) in [5.74, 6) is -1.55. The molecule has 1 aromatic carbocycles. The van der Waals surface area contributed by atoms with E-state index < -0.39 is 17.8 Å². The molecule has 0 saturated heterocycles. The van der Waals surface area contributed by atoms with Crippen LogP contribution in [0.15, 0.2) is 12.1 Å². The number of imide groups is 1. The molecule has 1 aromatic rings. The molecule has 0 saturated carbocycles. The number of fused-ring (bicyclic) bond motifs is 1. The molecule has 0 unspecified atom stereocenters. The van der Waals surface area contributed by atoms with Crippen LogP contribution < -0.4 is 16.4 Å². The second kappa shape index (κ2) is 3.49. The van der Waals surface area contributed by atoms with Gasteiger partial charge < -0.3 is 11.1 Å². The van der Waals surface area contributed by atoms with Crippen LogP contribution in [0, 0.1) is 0 Å². The smallest absolute Gasteiger partial charge is 0.348 e. The Kier molecular flexibility index (Phi) is 2.28. The number of rotatable bonds is 1. The van der Waals surface area contributed by atoms with Gasteiger partial charge >= 0.3 is 6.03 Å². The molecule has 7 heteroatoms. The van der Waals surface area contributed by atoms with Gasteiger partial charge in [-0.15, -0.1) is 0 Å². The van der Waals surface area contributed by atoms with Crippen molar-refractivity contribution < 1.29 is 14.4 Å². The number of anilines is 1. The predicted molar refractivity (Wildman–Crippen MR) is 55.5 cm³/mol. The summed E-state index contributed by atoms with van der Waals surface area (Å²) in [5.41, 5.74) is 5.14. The van der Waals surface area contributed by atoms with E-state index >= 15 is 0 Å². The predicted octanol–water partition coefficient (Wildman–Crippen LogP) is 0.729. The molecule has 0 fully saturated rings. The standard InChI is InChI=1S/C9H5ClN3O3/c10-4-2-1-3-6(5(4)7(11)14)12-9(16)13-8(3)15/h1-2H,(H2,11,14)(H,12,16). The van der Waals surface area contributed by atoms with E-state index in [0.717, 1.165) is 0 Å². The number of benzene rings is 1. The molecule has 16 heavy (non-hydrogen) atoms. The Morgan fingerprint density at radius 1 is 1.38 bits per heavy atom. The maximum atomic E-state index is 11.4. The Morgan fingerprint density at radius 3 is 2.69 bits per heavy atom. The van der Waals surface area contributed by atoms with Crippen LogP contribution in [0.3, 0.4) is 0 Å². The van der Waals surface area contributed by atoms with E-state index in [-0.39, 0.29) is 21.8 Å². The Bertz CT molecular complexity index is 527. The highest BCUT2D eigenvalue weighted by Gasteiger charge is 2.28. The van der Waals surface area contributed by atoms with Crippen molar-refractivity contribution >= 4 is 35.1 Å². The molecule has 4 amide bonds. The Hall–Kier alpha value is -2.08. The van der Waals surface area contributed by atoms with E-state index in [9.17, 15) is 14.4 Å². The molecule has 1 aliphatic heterocycles. The van der Waals surface area contributed by atoms with Crippen molar-refractivity contribution in [2.45, 2.75) is 0 Å². The highest BCUT2D eigenvalue weighted by molar-refractivity contribution is 6.35. The van der Waals surface area contributed by atoms with Gasteiger partial charge in [0.05, 0.1) is 21.8 Å². The number of nitrogens with two attached hydrogens (primary N) is 1. The average Bonchev–Trinajstić information content (AvgIpc) is 2.15. The van der Waals surface area contributed by atoms with E-state index in [1.807, 2.05) is 0 Å². The van der Waals surface area contributed by atoms with Crippen molar-refractivity contribution in [3.8, 4) is 0 Å². The first kappa shape index (κ1) is 10.4. The third kappa shape index (κ3) is 1.49. The summed E-state index contributed by atoms with van der Waals surface area (Å²) in [4.78, 5) is 33.5. The van der Waals surface area contributed by atoms with Crippen LogP contribution in [0.25, 0.3) is 0 Å². The number of primary amides is 1. The molecule has 6 nitrogen and oxygen atoms in total. The SMILES string of the molecule is NC(=O)c1c(Cl)ccc2c1NC(=O)[N]C2=O. The first-order chi connectivity index (χ1) is 7.50. The van der Waals surface area contributed by atoms with Gasteiger partial charge in [-0.1, -0.05) is 11.6 Å². The number of urea groups is 1. The van der Waals surface area contributed by atoms with Gasteiger partial charge in [0.2, 0.25) is 0 Å².